The highest BCUT2D eigenvalue weighted by atomic mass is 32.2. The number of methoxy groups -OCH3 is 1. The highest BCUT2D eigenvalue weighted by Gasteiger charge is 2.45. The van der Waals surface area contributed by atoms with Gasteiger partial charge in [0.25, 0.3) is 0 Å². The number of fused-ring (bicyclic) bond motifs is 2. The maximum atomic E-state index is 12.0. The van der Waals surface area contributed by atoms with E-state index in [1.54, 1.807) is 6.07 Å². The van der Waals surface area contributed by atoms with E-state index in [-0.39, 0.29) is 22.0 Å². The SMILES string of the molecule is COC(=O)CCCCC[N+]1=C(C=CC=C2N(c3ccccc3)c3ccccc3C2(C)CCCCS(=O)O)C(C)(C)c2cc(S(=O)(=O)[O-])ccc21. The van der Waals surface area contributed by atoms with Crippen molar-refractivity contribution in [2.24, 2.45) is 0 Å². The van der Waals surface area contributed by atoms with Crippen LogP contribution in [0, 0.1) is 0 Å². The van der Waals surface area contributed by atoms with Gasteiger partial charge in [-0.1, -0.05) is 48.9 Å². The molecule has 2 unspecified atom stereocenters. The van der Waals surface area contributed by atoms with Gasteiger partial charge in [-0.3, -0.25) is 4.79 Å². The molecule has 266 valence electrons. The van der Waals surface area contributed by atoms with Crippen molar-refractivity contribution in [3.8, 4) is 0 Å². The minimum Gasteiger partial charge on any atom is -0.744 e. The molecule has 1 N–H and O–H groups in total. The van der Waals surface area contributed by atoms with Crippen LogP contribution in [0.5, 0.6) is 0 Å². The summed E-state index contributed by atoms with van der Waals surface area (Å²) in [7, 11) is -3.26. The molecular formula is C39H46N2O7S2. The quantitative estimate of drug-likeness (QED) is 0.0559. The third kappa shape index (κ3) is 7.86. The van der Waals surface area contributed by atoms with E-state index in [1.807, 2.05) is 38.1 Å². The van der Waals surface area contributed by atoms with E-state index in [4.69, 9.17) is 4.74 Å². The van der Waals surface area contributed by atoms with Crippen molar-refractivity contribution in [3.63, 3.8) is 0 Å². The normalized spacial score (nSPS) is 19.6. The molecule has 11 heteroatoms. The number of esters is 1. The molecule has 2 heterocycles. The Balaban J connectivity index is 1.57. The van der Waals surface area contributed by atoms with Crippen LogP contribution in [0.1, 0.15) is 76.8 Å². The summed E-state index contributed by atoms with van der Waals surface area (Å²) in [6.45, 7) is 6.95. The lowest BCUT2D eigenvalue weighted by Gasteiger charge is -2.30. The third-order valence-corrected chi connectivity index (χ3v) is 11.4. The van der Waals surface area contributed by atoms with E-state index in [9.17, 15) is 26.5 Å². The van der Waals surface area contributed by atoms with Crippen molar-refractivity contribution in [1.29, 1.82) is 0 Å². The minimum absolute atomic E-state index is 0.235. The number of rotatable bonds is 15. The highest BCUT2D eigenvalue weighted by Crippen LogP contribution is 2.53. The molecule has 5 rings (SSSR count). The van der Waals surface area contributed by atoms with Crippen molar-refractivity contribution in [2.75, 3.05) is 24.3 Å². The van der Waals surface area contributed by atoms with Crippen LogP contribution < -0.4 is 4.90 Å². The van der Waals surface area contributed by atoms with Crippen LogP contribution in [0.3, 0.4) is 0 Å². The molecule has 0 amide bonds. The Morgan fingerprint density at radius 3 is 2.38 bits per heavy atom. The molecule has 2 aliphatic rings. The lowest BCUT2D eigenvalue weighted by Crippen LogP contribution is -2.28. The topological polar surface area (TPSA) is 127 Å². The fourth-order valence-corrected chi connectivity index (χ4v) is 8.28. The number of hydrogen-bond donors (Lipinski definition) is 1. The minimum atomic E-state index is -4.64. The first kappa shape index (κ1) is 37.4. The number of unbranched alkanes of at least 4 members (excludes halogenated alkanes) is 3. The fraction of sp³-hybridized carbons (Fsp3) is 0.385. The number of ether oxygens (including phenoxy) is 1. The molecule has 9 nitrogen and oxygen atoms in total. The highest BCUT2D eigenvalue weighted by molar-refractivity contribution is 7.85. The van der Waals surface area contributed by atoms with Gasteiger partial charge >= 0.3 is 5.97 Å². The van der Waals surface area contributed by atoms with Gasteiger partial charge in [-0.25, -0.2) is 12.6 Å². The predicted octanol–water partition coefficient (Wildman–Crippen LogP) is 7.64. The maximum Gasteiger partial charge on any atom is 0.305 e. The van der Waals surface area contributed by atoms with Gasteiger partial charge in [-0.2, -0.15) is 4.58 Å². The van der Waals surface area contributed by atoms with E-state index in [1.165, 1.54) is 24.8 Å². The molecule has 2 aliphatic heterocycles. The Morgan fingerprint density at radius 2 is 1.68 bits per heavy atom. The molecule has 0 aromatic heterocycles. The number of carbonyl (C=O) groups is 1. The van der Waals surface area contributed by atoms with Crippen LogP contribution in [0.25, 0.3) is 0 Å². The summed E-state index contributed by atoms with van der Waals surface area (Å²) in [4.78, 5) is 13.7. The lowest BCUT2D eigenvalue weighted by atomic mass is 9.77. The zero-order chi connectivity index (χ0) is 36.1. The van der Waals surface area contributed by atoms with E-state index >= 15 is 0 Å². The van der Waals surface area contributed by atoms with Gasteiger partial charge in [0.2, 0.25) is 5.69 Å². The van der Waals surface area contributed by atoms with Gasteiger partial charge < -0.3 is 18.7 Å². The second kappa shape index (κ2) is 15.6. The van der Waals surface area contributed by atoms with E-state index < -0.39 is 26.6 Å². The zero-order valence-electron chi connectivity index (χ0n) is 29.1. The summed E-state index contributed by atoms with van der Waals surface area (Å²) in [6.07, 6.45) is 11.1. The average molecular weight is 719 g/mol. The largest absolute Gasteiger partial charge is 0.744 e. The van der Waals surface area contributed by atoms with Crippen LogP contribution in [-0.4, -0.2) is 57.4 Å². The van der Waals surface area contributed by atoms with Gasteiger partial charge in [-0.15, -0.1) is 0 Å². The Labute approximate surface area is 298 Å². The molecule has 3 aromatic rings. The maximum absolute atomic E-state index is 12.0. The number of allylic oxidation sites excluding steroid dienone is 4. The molecular weight excluding hydrogens is 673 g/mol. The van der Waals surface area contributed by atoms with Gasteiger partial charge in [-0.05, 0) is 88.4 Å². The first-order chi connectivity index (χ1) is 23.8. The van der Waals surface area contributed by atoms with Crippen molar-refractivity contribution in [2.45, 2.75) is 81.4 Å². The van der Waals surface area contributed by atoms with Crippen LogP contribution in [-0.2, 0) is 41.6 Å². The molecule has 0 fully saturated rings. The van der Waals surface area contributed by atoms with Crippen molar-refractivity contribution in [1.82, 2.24) is 0 Å². The van der Waals surface area contributed by atoms with E-state index in [0.717, 1.165) is 59.7 Å². The fourth-order valence-electron chi connectivity index (χ4n) is 7.33. The first-order valence-corrected chi connectivity index (χ1v) is 19.7. The van der Waals surface area contributed by atoms with E-state index in [0.29, 0.717) is 25.8 Å². The summed E-state index contributed by atoms with van der Waals surface area (Å²) >= 11 is -1.84. The molecule has 2 atom stereocenters. The van der Waals surface area contributed by atoms with Gasteiger partial charge in [0.05, 0.1) is 17.4 Å². The smallest absolute Gasteiger partial charge is 0.305 e. The Bertz CT molecular complexity index is 1950. The summed E-state index contributed by atoms with van der Waals surface area (Å²) < 4.78 is 63.8. The van der Waals surface area contributed by atoms with Gasteiger partial charge in [0, 0.05) is 58.8 Å². The van der Waals surface area contributed by atoms with Crippen LogP contribution >= 0.6 is 0 Å². The summed E-state index contributed by atoms with van der Waals surface area (Å²) in [6, 6.07) is 23.2. The first-order valence-electron chi connectivity index (χ1n) is 17.0. The van der Waals surface area contributed by atoms with Crippen molar-refractivity contribution >= 4 is 49.9 Å². The van der Waals surface area contributed by atoms with E-state index in [2.05, 4.69) is 65.0 Å². The molecule has 0 radical (unpaired) electrons. The summed E-state index contributed by atoms with van der Waals surface area (Å²) in [5.74, 6) is 0.00203. The average Bonchev–Trinajstić information content (AvgIpc) is 3.46. The number of carbonyl (C=O) groups excluding carboxylic acids is 1. The number of hydrogen-bond acceptors (Lipinski definition) is 7. The van der Waals surface area contributed by atoms with Gasteiger partial charge in [0.15, 0.2) is 16.8 Å². The monoisotopic (exact) mass is 718 g/mol. The van der Waals surface area contributed by atoms with Gasteiger partial charge in [0.1, 0.15) is 16.7 Å². The number of para-hydroxylation sites is 2. The zero-order valence-corrected chi connectivity index (χ0v) is 30.8. The second-order valence-corrected chi connectivity index (χ2v) is 16.0. The van der Waals surface area contributed by atoms with Crippen LogP contribution in [0.4, 0.5) is 17.1 Å². The molecule has 0 aliphatic carbocycles. The predicted molar refractivity (Wildman–Crippen MR) is 197 cm³/mol. The Morgan fingerprint density at radius 1 is 0.960 bits per heavy atom. The second-order valence-electron chi connectivity index (χ2n) is 13.6. The number of benzene rings is 3. The third-order valence-electron chi connectivity index (χ3n) is 9.96. The molecule has 0 saturated carbocycles. The number of anilines is 2. The Kier molecular flexibility index (Phi) is 11.6. The molecule has 0 bridgehead atoms. The Hall–Kier alpha value is -3.90. The molecule has 50 heavy (non-hydrogen) atoms. The van der Waals surface area contributed by atoms with Crippen molar-refractivity contribution < 1.29 is 35.8 Å². The molecule has 0 saturated heterocycles. The lowest BCUT2D eigenvalue weighted by molar-refractivity contribution is -0.438. The number of nitrogens with zero attached hydrogens (tertiary/aromatic N) is 2. The standard InChI is InChI=1S/C39H46N2O7S2/c1-38(2)32-28-30(50(45,46)47)23-24-33(32)40(26-13-6-9-22-37(42)48-4)35(38)20-15-21-36-39(3,25-12-14-27-49(43)44)31-18-10-11-19-34(31)41(36)29-16-7-5-8-17-29/h5,7-8,10-11,15-21,23-24,28H,6,9,12-14,22,25-27H2,1-4H3,(H-,43,44,45,46,47). The molecule has 3 aromatic carbocycles. The van der Waals surface area contributed by atoms with Crippen LogP contribution in [0.15, 0.2) is 102 Å². The van der Waals surface area contributed by atoms with Crippen LogP contribution in [0.2, 0.25) is 0 Å². The summed E-state index contributed by atoms with van der Waals surface area (Å²) in [5, 5.41) is 0. The van der Waals surface area contributed by atoms with Crippen molar-refractivity contribution in [3.05, 3.63) is 108 Å². The summed E-state index contributed by atoms with van der Waals surface area (Å²) in [5.41, 5.74) is 5.97. The molecule has 0 spiro atoms.